The molecule has 1 saturated heterocycles. The second-order valence-electron chi connectivity index (χ2n) is 7.29. The van der Waals surface area contributed by atoms with Crippen molar-refractivity contribution in [3.8, 4) is 5.13 Å². The summed E-state index contributed by atoms with van der Waals surface area (Å²) in [6, 6.07) is 0. The lowest BCUT2D eigenvalue weighted by Gasteiger charge is -2.42. The van der Waals surface area contributed by atoms with Gasteiger partial charge < -0.3 is 15.2 Å². The van der Waals surface area contributed by atoms with Gasteiger partial charge in [0.2, 0.25) is 11.3 Å². The van der Waals surface area contributed by atoms with Crippen LogP contribution in [0.5, 0.6) is 0 Å². The number of rotatable bonds is 8. The first-order valence-corrected chi connectivity index (χ1v) is 10.9. The van der Waals surface area contributed by atoms with E-state index < -0.39 is 11.4 Å². The summed E-state index contributed by atoms with van der Waals surface area (Å²) in [5, 5.41) is 14.9. The molecular formula is C20H23N5O5S. The van der Waals surface area contributed by atoms with Gasteiger partial charge in [0.15, 0.2) is 5.13 Å². The Morgan fingerprint density at radius 2 is 2.19 bits per heavy atom. The van der Waals surface area contributed by atoms with Crippen LogP contribution < -0.4 is 21.5 Å². The summed E-state index contributed by atoms with van der Waals surface area (Å²) in [6.07, 6.45) is 4.89. The summed E-state index contributed by atoms with van der Waals surface area (Å²) in [7, 11) is 0. The first kappa shape index (κ1) is 21.3. The lowest BCUT2D eigenvalue weighted by atomic mass is 9.97. The van der Waals surface area contributed by atoms with E-state index in [0.29, 0.717) is 49.9 Å². The van der Waals surface area contributed by atoms with Gasteiger partial charge in [0.1, 0.15) is 17.2 Å². The number of likely N-dealkylation sites (tertiary alicyclic amines) is 1. The highest BCUT2D eigenvalue weighted by Crippen LogP contribution is 2.22. The van der Waals surface area contributed by atoms with Crippen molar-refractivity contribution < 1.29 is 19.4 Å². The predicted octanol–water partition coefficient (Wildman–Crippen LogP) is -0.793. The number of hydrogen-bond donors (Lipinski definition) is 2. The van der Waals surface area contributed by atoms with Crippen LogP contribution in [0.3, 0.4) is 0 Å². The summed E-state index contributed by atoms with van der Waals surface area (Å²) in [4.78, 5) is 47.5. The maximum atomic E-state index is 12.6. The van der Waals surface area contributed by atoms with Gasteiger partial charge in [-0.25, -0.2) is 14.8 Å². The summed E-state index contributed by atoms with van der Waals surface area (Å²) < 4.78 is 6.79. The number of fused-ring (bicyclic) bond motifs is 1. The van der Waals surface area contributed by atoms with Gasteiger partial charge >= 0.3 is 5.97 Å². The number of thiazole rings is 1. The SMILES string of the molecule is CCOCCNC(=O)C1CN(C2CC=c3c(=O)c(C(=O)O)cn(-c4nccs4)c3=N2)C1. The Hall–Kier alpha value is -2.89. The van der Waals surface area contributed by atoms with E-state index in [1.54, 1.807) is 22.2 Å². The molecule has 164 valence electrons. The summed E-state index contributed by atoms with van der Waals surface area (Å²) in [6.45, 7) is 4.66. The van der Waals surface area contributed by atoms with Crippen molar-refractivity contribution in [2.24, 2.45) is 10.9 Å². The van der Waals surface area contributed by atoms with Crippen LogP contribution >= 0.6 is 11.3 Å². The van der Waals surface area contributed by atoms with Crippen LogP contribution in [0, 0.1) is 5.92 Å². The van der Waals surface area contributed by atoms with E-state index in [-0.39, 0.29) is 28.8 Å². The molecule has 10 nitrogen and oxygen atoms in total. The van der Waals surface area contributed by atoms with E-state index in [1.807, 2.05) is 6.92 Å². The topological polar surface area (TPSA) is 126 Å². The molecule has 1 amide bonds. The predicted molar refractivity (Wildman–Crippen MR) is 113 cm³/mol. The molecule has 11 heteroatoms. The normalized spacial score (nSPS) is 18.4. The highest BCUT2D eigenvalue weighted by molar-refractivity contribution is 7.12. The molecule has 0 aromatic carbocycles. The first-order chi connectivity index (χ1) is 15.0. The van der Waals surface area contributed by atoms with Gasteiger partial charge in [-0.15, -0.1) is 11.3 Å². The standard InChI is InChI=1S/C20H23N5O5S/c1-2-30-7-5-21-18(27)12-9-24(10-12)15-4-3-13-16(26)14(19(28)29)11-25(17(13)23-15)20-22-6-8-31-20/h3,6,8,11-12,15H,2,4-5,7,9-10H2,1H3,(H,21,27)(H,28,29). The molecule has 2 aromatic rings. The number of nitrogens with one attached hydrogen (secondary N) is 1. The van der Waals surface area contributed by atoms with E-state index >= 15 is 0 Å². The van der Waals surface area contributed by atoms with Crippen molar-refractivity contribution in [2.45, 2.75) is 19.5 Å². The third-order valence-electron chi connectivity index (χ3n) is 5.33. The van der Waals surface area contributed by atoms with Crippen molar-refractivity contribution in [2.75, 3.05) is 32.8 Å². The van der Waals surface area contributed by atoms with Gasteiger partial charge in [0.05, 0.1) is 17.7 Å². The van der Waals surface area contributed by atoms with Crippen LogP contribution in [0.4, 0.5) is 0 Å². The molecular weight excluding hydrogens is 422 g/mol. The number of aromatic carboxylic acids is 1. The molecule has 0 saturated carbocycles. The number of pyridine rings is 1. The molecule has 0 radical (unpaired) electrons. The Morgan fingerprint density at radius 1 is 1.39 bits per heavy atom. The zero-order valence-corrected chi connectivity index (χ0v) is 17.8. The fourth-order valence-corrected chi connectivity index (χ4v) is 4.30. The Morgan fingerprint density at radius 3 is 2.87 bits per heavy atom. The van der Waals surface area contributed by atoms with Gasteiger partial charge in [-0.05, 0) is 6.92 Å². The largest absolute Gasteiger partial charge is 0.477 e. The van der Waals surface area contributed by atoms with Crippen molar-refractivity contribution in [3.63, 3.8) is 0 Å². The summed E-state index contributed by atoms with van der Waals surface area (Å²) >= 11 is 1.33. The highest BCUT2D eigenvalue weighted by Gasteiger charge is 2.37. The lowest BCUT2D eigenvalue weighted by molar-refractivity contribution is -0.131. The van der Waals surface area contributed by atoms with Gasteiger partial charge in [0.25, 0.3) is 0 Å². The molecule has 2 N–H and O–H groups in total. The minimum absolute atomic E-state index is 0.00179. The number of aromatic nitrogens is 2. The van der Waals surface area contributed by atoms with Crippen molar-refractivity contribution in [1.82, 2.24) is 19.8 Å². The molecule has 4 heterocycles. The highest BCUT2D eigenvalue weighted by atomic mass is 32.1. The molecule has 1 fully saturated rings. The number of ether oxygens (including phenoxy) is 1. The average molecular weight is 446 g/mol. The molecule has 4 rings (SSSR count). The van der Waals surface area contributed by atoms with Crippen molar-refractivity contribution >= 4 is 29.3 Å². The molecule has 31 heavy (non-hydrogen) atoms. The quantitative estimate of drug-likeness (QED) is 0.510. The minimum Gasteiger partial charge on any atom is -0.477 e. The maximum absolute atomic E-state index is 12.6. The summed E-state index contributed by atoms with van der Waals surface area (Å²) in [5.41, 5.74) is -0.468. The van der Waals surface area contributed by atoms with Gasteiger partial charge in [-0.2, -0.15) is 0 Å². The van der Waals surface area contributed by atoms with E-state index in [0.717, 1.165) is 0 Å². The third kappa shape index (κ3) is 4.29. The zero-order valence-electron chi connectivity index (χ0n) is 17.0. The molecule has 2 aromatic heterocycles. The molecule has 0 aliphatic carbocycles. The van der Waals surface area contributed by atoms with Crippen LogP contribution in [0.25, 0.3) is 11.2 Å². The van der Waals surface area contributed by atoms with Crippen LogP contribution in [-0.4, -0.2) is 70.4 Å². The third-order valence-corrected chi connectivity index (χ3v) is 6.10. The van der Waals surface area contributed by atoms with Crippen LogP contribution in [0.1, 0.15) is 23.7 Å². The van der Waals surface area contributed by atoms with Crippen molar-refractivity contribution in [1.29, 1.82) is 0 Å². The monoisotopic (exact) mass is 445 g/mol. The minimum atomic E-state index is -1.28. The Balaban J connectivity index is 1.55. The zero-order chi connectivity index (χ0) is 22.0. The maximum Gasteiger partial charge on any atom is 0.341 e. The van der Waals surface area contributed by atoms with E-state index in [9.17, 15) is 19.5 Å². The van der Waals surface area contributed by atoms with Gasteiger partial charge in [0, 0.05) is 50.4 Å². The first-order valence-electron chi connectivity index (χ1n) is 10.1. The average Bonchev–Trinajstić information content (AvgIpc) is 3.25. The number of nitrogens with zero attached hydrogens (tertiary/aromatic N) is 4. The summed E-state index contributed by atoms with van der Waals surface area (Å²) in [5.74, 6) is -1.38. The number of carbonyl (C=O) groups is 2. The number of amides is 1. The van der Waals surface area contributed by atoms with Crippen LogP contribution in [0.2, 0.25) is 0 Å². The van der Waals surface area contributed by atoms with E-state index in [1.165, 1.54) is 17.5 Å². The second-order valence-corrected chi connectivity index (χ2v) is 8.16. The Kier molecular flexibility index (Phi) is 6.25. The molecule has 0 bridgehead atoms. The fraction of sp³-hybridized carbons (Fsp3) is 0.450. The Labute approximate surface area is 181 Å². The Bertz CT molecular complexity index is 1150. The lowest BCUT2D eigenvalue weighted by Crippen LogP contribution is -2.59. The number of hydrogen-bond acceptors (Lipinski definition) is 8. The molecule has 0 spiro atoms. The van der Waals surface area contributed by atoms with E-state index in [2.05, 4.69) is 15.2 Å². The number of carbonyl (C=O) groups excluding carboxylic acids is 1. The van der Waals surface area contributed by atoms with E-state index in [4.69, 9.17) is 9.73 Å². The number of carboxylic acid groups (broad SMARTS) is 1. The smallest absolute Gasteiger partial charge is 0.341 e. The van der Waals surface area contributed by atoms with Gasteiger partial charge in [-0.3, -0.25) is 19.1 Å². The van der Waals surface area contributed by atoms with Crippen LogP contribution in [-0.2, 0) is 9.53 Å². The van der Waals surface area contributed by atoms with Gasteiger partial charge in [-0.1, -0.05) is 6.08 Å². The van der Waals surface area contributed by atoms with Crippen LogP contribution in [0.15, 0.2) is 27.6 Å². The number of carboxylic acids is 1. The molecule has 2 aliphatic heterocycles. The molecule has 2 aliphatic rings. The molecule has 1 unspecified atom stereocenters. The molecule has 1 atom stereocenters. The van der Waals surface area contributed by atoms with Crippen molar-refractivity contribution in [3.05, 3.63) is 44.3 Å². The second kappa shape index (κ2) is 9.08. The fourth-order valence-electron chi connectivity index (χ4n) is 3.68.